The lowest BCUT2D eigenvalue weighted by molar-refractivity contribution is -0.144. The van der Waals surface area contributed by atoms with E-state index < -0.39 is 0 Å². The number of amides is 1. The fraction of sp³-hybridized carbons (Fsp3) is 0.833. The third-order valence-electron chi connectivity index (χ3n) is 3.26. The molecule has 5 heteroatoms. The first-order valence-electron chi connectivity index (χ1n) is 6.30. The quantitative estimate of drug-likeness (QED) is 0.685. The molecule has 0 saturated heterocycles. The van der Waals surface area contributed by atoms with Crippen LogP contribution in [0.5, 0.6) is 0 Å². The van der Waals surface area contributed by atoms with Gasteiger partial charge in [0.2, 0.25) is 5.91 Å². The van der Waals surface area contributed by atoms with Crippen LogP contribution in [0.3, 0.4) is 0 Å². The van der Waals surface area contributed by atoms with Gasteiger partial charge < -0.3 is 15.8 Å². The molecule has 98 valence electrons. The minimum Gasteiger partial charge on any atom is -0.465 e. The van der Waals surface area contributed by atoms with Crippen LogP contribution < -0.4 is 11.1 Å². The van der Waals surface area contributed by atoms with Crippen LogP contribution >= 0.6 is 0 Å². The van der Waals surface area contributed by atoms with E-state index in [1.807, 2.05) is 0 Å². The highest BCUT2D eigenvalue weighted by molar-refractivity contribution is 5.83. The molecule has 0 unspecified atom stereocenters. The highest BCUT2D eigenvalue weighted by atomic mass is 16.5. The van der Waals surface area contributed by atoms with Crippen molar-refractivity contribution in [2.45, 2.75) is 32.6 Å². The van der Waals surface area contributed by atoms with Crippen LogP contribution in [-0.4, -0.2) is 31.6 Å². The predicted octanol–water partition coefficient (Wildman–Crippen LogP) is 0.431. The number of hydrogen-bond donors (Lipinski definition) is 2. The van der Waals surface area contributed by atoms with E-state index in [2.05, 4.69) is 5.32 Å². The number of carbonyl (C=O) groups excluding carboxylic acids is 2. The Hall–Kier alpha value is -1.10. The Bertz CT molecular complexity index is 260. The lowest BCUT2D eigenvalue weighted by atomic mass is 9.81. The minimum absolute atomic E-state index is 0.0243. The molecule has 0 heterocycles. The standard InChI is InChI=1S/C12H22N2O3/c1-2-17-11(15)8-14-12(16)10-5-3-9(7-13)4-6-10/h9-10H,2-8,13H2,1H3,(H,14,16). The molecule has 0 spiro atoms. The second-order valence-corrected chi connectivity index (χ2v) is 4.48. The van der Waals surface area contributed by atoms with Gasteiger partial charge in [0.05, 0.1) is 6.61 Å². The molecule has 1 aliphatic rings. The molecule has 1 fully saturated rings. The van der Waals surface area contributed by atoms with Gasteiger partial charge in [0.25, 0.3) is 0 Å². The van der Waals surface area contributed by atoms with Crippen molar-refractivity contribution in [3.8, 4) is 0 Å². The topological polar surface area (TPSA) is 81.4 Å². The summed E-state index contributed by atoms with van der Waals surface area (Å²) in [6.07, 6.45) is 3.76. The van der Waals surface area contributed by atoms with E-state index in [0.717, 1.165) is 25.7 Å². The second kappa shape index (κ2) is 7.27. The summed E-state index contributed by atoms with van der Waals surface area (Å²) in [6, 6.07) is 0. The van der Waals surface area contributed by atoms with E-state index in [9.17, 15) is 9.59 Å². The Morgan fingerprint density at radius 3 is 2.47 bits per heavy atom. The van der Waals surface area contributed by atoms with Crippen molar-refractivity contribution >= 4 is 11.9 Å². The zero-order valence-electron chi connectivity index (χ0n) is 10.4. The van der Waals surface area contributed by atoms with Crippen LogP contribution in [0.15, 0.2) is 0 Å². The molecule has 1 amide bonds. The molecule has 0 aliphatic heterocycles. The Morgan fingerprint density at radius 2 is 1.94 bits per heavy atom. The number of hydrogen-bond acceptors (Lipinski definition) is 4. The molecule has 0 radical (unpaired) electrons. The molecule has 1 aliphatic carbocycles. The normalized spacial score (nSPS) is 24.1. The molecule has 17 heavy (non-hydrogen) atoms. The van der Waals surface area contributed by atoms with Crippen molar-refractivity contribution in [2.75, 3.05) is 19.7 Å². The predicted molar refractivity (Wildman–Crippen MR) is 64.1 cm³/mol. The highest BCUT2D eigenvalue weighted by Crippen LogP contribution is 2.27. The molecule has 5 nitrogen and oxygen atoms in total. The number of rotatable bonds is 5. The zero-order chi connectivity index (χ0) is 12.7. The number of nitrogens with one attached hydrogen (secondary N) is 1. The smallest absolute Gasteiger partial charge is 0.325 e. The van der Waals surface area contributed by atoms with Gasteiger partial charge in [-0.2, -0.15) is 0 Å². The van der Waals surface area contributed by atoms with Crippen molar-refractivity contribution in [1.29, 1.82) is 0 Å². The van der Waals surface area contributed by atoms with Crippen molar-refractivity contribution in [2.24, 2.45) is 17.6 Å². The largest absolute Gasteiger partial charge is 0.465 e. The number of nitrogens with two attached hydrogens (primary N) is 1. The fourth-order valence-corrected chi connectivity index (χ4v) is 2.18. The van der Waals surface area contributed by atoms with Gasteiger partial charge in [0.1, 0.15) is 6.54 Å². The SMILES string of the molecule is CCOC(=O)CNC(=O)C1CCC(CN)CC1. The molecule has 0 aromatic heterocycles. The molecular formula is C12H22N2O3. The van der Waals surface area contributed by atoms with Crippen LogP contribution in [0.1, 0.15) is 32.6 Å². The maximum Gasteiger partial charge on any atom is 0.325 e. The lowest BCUT2D eigenvalue weighted by Gasteiger charge is -2.26. The zero-order valence-corrected chi connectivity index (χ0v) is 10.4. The molecule has 0 aromatic rings. The molecule has 1 rings (SSSR count). The van der Waals surface area contributed by atoms with Gasteiger partial charge in [-0.1, -0.05) is 0 Å². The van der Waals surface area contributed by atoms with E-state index in [-0.39, 0.29) is 24.3 Å². The van der Waals surface area contributed by atoms with E-state index in [0.29, 0.717) is 19.1 Å². The third-order valence-corrected chi connectivity index (χ3v) is 3.26. The highest BCUT2D eigenvalue weighted by Gasteiger charge is 2.25. The maximum atomic E-state index is 11.8. The first-order chi connectivity index (χ1) is 8.17. The van der Waals surface area contributed by atoms with Crippen LogP contribution in [0, 0.1) is 11.8 Å². The summed E-state index contributed by atoms with van der Waals surface area (Å²) >= 11 is 0. The molecule has 3 N–H and O–H groups in total. The number of esters is 1. The van der Waals surface area contributed by atoms with E-state index in [1.54, 1.807) is 6.92 Å². The lowest BCUT2D eigenvalue weighted by Crippen LogP contribution is -2.37. The van der Waals surface area contributed by atoms with Gasteiger partial charge in [-0.15, -0.1) is 0 Å². The molecule has 0 bridgehead atoms. The summed E-state index contributed by atoms with van der Waals surface area (Å²) in [5.41, 5.74) is 5.59. The van der Waals surface area contributed by atoms with Crippen LogP contribution in [0.25, 0.3) is 0 Å². The third kappa shape index (κ3) is 4.73. The first-order valence-corrected chi connectivity index (χ1v) is 6.30. The Kier molecular flexibility index (Phi) is 5.97. The van der Waals surface area contributed by atoms with Crippen molar-refractivity contribution in [3.63, 3.8) is 0 Å². The summed E-state index contributed by atoms with van der Waals surface area (Å²) in [6.45, 7) is 2.77. The van der Waals surface area contributed by atoms with Gasteiger partial charge >= 0.3 is 5.97 Å². The van der Waals surface area contributed by atoms with Gasteiger partial charge in [0.15, 0.2) is 0 Å². The Balaban J connectivity index is 2.22. The summed E-state index contributed by atoms with van der Waals surface area (Å²) in [5.74, 6) is 0.182. The second-order valence-electron chi connectivity index (χ2n) is 4.48. The van der Waals surface area contributed by atoms with Gasteiger partial charge in [-0.05, 0) is 45.1 Å². The van der Waals surface area contributed by atoms with Crippen molar-refractivity contribution < 1.29 is 14.3 Å². The van der Waals surface area contributed by atoms with E-state index in [4.69, 9.17) is 10.5 Å². The summed E-state index contributed by atoms with van der Waals surface area (Å²) < 4.78 is 4.74. The van der Waals surface area contributed by atoms with Gasteiger partial charge in [0, 0.05) is 5.92 Å². The van der Waals surface area contributed by atoms with Gasteiger partial charge in [-0.25, -0.2) is 0 Å². The van der Waals surface area contributed by atoms with Crippen LogP contribution in [0.2, 0.25) is 0 Å². The molecule has 0 aromatic carbocycles. The van der Waals surface area contributed by atoms with Crippen molar-refractivity contribution in [3.05, 3.63) is 0 Å². The average molecular weight is 242 g/mol. The van der Waals surface area contributed by atoms with E-state index in [1.165, 1.54) is 0 Å². The molecule has 0 atom stereocenters. The summed E-state index contributed by atoms with van der Waals surface area (Å²) in [5, 5.41) is 2.63. The van der Waals surface area contributed by atoms with Crippen LogP contribution in [-0.2, 0) is 14.3 Å². The summed E-state index contributed by atoms with van der Waals surface area (Å²) in [7, 11) is 0. The number of carbonyl (C=O) groups is 2. The van der Waals surface area contributed by atoms with Crippen LogP contribution in [0.4, 0.5) is 0 Å². The van der Waals surface area contributed by atoms with E-state index >= 15 is 0 Å². The fourth-order valence-electron chi connectivity index (χ4n) is 2.18. The monoisotopic (exact) mass is 242 g/mol. The summed E-state index contributed by atoms with van der Waals surface area (Å²) in [4.78, 5) is 22.8. The Labute approximate surface area is 102 Å². The Morgan fingerprint density at radius 1 is 1.29 bits per heavy atom. The van der Waals surface area contributed by atoms with Gasteiger partial charge in [-0.3, -0.25) is 9.59 Å². The molecule has 1 saturated carbocycles. The number of ether oxygens (including phenoxy) is 1. The average Bonchev–Trinajstić information content (AvgIpc) is 2.36. The van der Waals surface area contributed by atoms with Crippen molar-refractivity contribution in [1.82, 2.24) is 5.32 Å². The molecular weight excluding hydrogens is 220 g/mol. The maximum absolute atomic E-state index is 11.8. The first kappa shape index (κ1) is 14.0. The minimum atomic E-state index is -0.378.